The second kappa shape index (κ2) is 8.72. The lowest BCUT2D eigenvalue weighted by Crippen LogP contribution is -2.24. The average molecular weight is 314 g/mol. The number of benzene rings is 1. The van der Waals surface area contributed by atoms with E-state index in [2.05, 4.69) is 12.2 Å². The highest BCUT2D eigenvalue weighted by Crippen LogP contribution is 2.30. The second-order valence-electron chi connectivity index (χ2n) is 5.71. The Hall–Kier alpha value is -0.640. The molecule has 0 aromatic heterocycles. The number of halogens is 2. The van der Waals surface area contributed by atoms with Gasteiger partial charge in [0.05, 0.1) is 6.10 Å². The molecule has 2 unspecified atom stereocenters. The first kappa shape index (κ1) is 16.7. The first-order chi connectivity index (χ1) is 10.2. The highest BCUT2D eigenvalue weighted by Gasteiger charge is 2.20. The van der Waals surface area contributed by atoms with Gasteiger partial charge < -0.3 is 10.1 Å². The summed E-state index contributed by atoms with van der Waals surface area (Å²) in [5.74, 6) is -0.215. The zero-order valence-electron chi connectivity index (χ0n) is 12.7. The third-order valence-corrected chi connectivity index (χ3v) is 4.36. The molecule has 0 amide bonds. The van der Waals surface area contributed by atoms with Crippen LogP contribution in [0.25, 0.3) is 0 Å². The molecule has 1 N–H and O–H groups in total. The van der Waals surface area contributed by atoms with E-state index in [9.17, 15) is 4.39 Å². The molecule has 1 aromatic carbocycles. The number of nitrogens with one attached hydrogen (secondary N) is 1. The Morgan fingerprint density at radius 3 is 3.00 bits per heavy atom. The molecule has 0 aliphatic carbocycles. The summed E-state index contributed by atoms with van der Waals surface area (Å²) in [7, 11) is 0. The minimum atomic E-state index is -0.215. The van der Waals surface area contributed by atoms with Crippen LogP contribution in [0.2, 0.25) is 5.02 Å². The van der Waals surface area contributed by atoms with Crippen LogP contribution in [-0.4, -0.2) is 19.3 Å². The van der Waals surface area contributed by atoms with Crippen molar-refractivity contribution in [1.82, 2.24) is 5.32 Å². The highest BCUT2D eigenvalue weighted by atomic mass is 35.5. The number of ether oxygens (including phenoxy) is 1. The molecule has 1 aliphatic rings. The second-order valence-corrected chi connectivity index (χ2v) is 6.12. The molecular formula is C17H25ClFNO. The van der Waals surface area contributed by atoms with Gasteiger partial charge in [-0.2, -0.15) is 0 Å². The van der Waals surface area contributed by atoms with E-state index in [1.165, 1.54) is 12.5 Å². The quantitative estimate of drug-likeness (QED) is 0.739. The van der Waals surface area contributed by atoms with Gasteiger partial charge in [0.25, 0.3) is 0 Å². The van der Waals surface area contributed by atoms with Crippen molar-refractivity contribution < 1.29 is 9.13 Å². The summed E-state index contributed by atoms with van der Waals surface area (Å²) in [6.07, 6.45) is 6.71. The topological polar surface area (TPSA) is 21.3 Å². The Labute approximate surface area is 132 Å². The van der Waals surface area contributed by atoms with Crippen molar-refractivity contribution in [2.24, 2.45) is 0 Å². The summed E-state index contributed by atoms with van der Waals surface area (Å²) >= 11 is 6.20. The predicted octanol–water partition coefficient (Wildman–Crippen LogP) is 4.87. The molecule has 1 saturated heterocycles. The summed E-state index contributed by atoms with van der Waals surface area (Å²) in [5.41, 5.74) is 0.611. The third kappa shape index (κ3) is 4.94. The molecule has 0 spiro atoms. The van der Waals surface area contributed by atoms with Crippen molar-refractivity contribution in [2.75, 3.05) is 13.2 Å². The number of rotatable bonds is 8. The molecule has 2 rings (SSSR count). The van der Waals surface area contributed by atoms with Gasteiger partial charge in [0, 0.05) is 23.2 Å². The maximum atomic E-state index is 14.1. The molecule has 1 heterocycles. The molecule has 21 heavy (non-hydrogen) atoms. The van der Waals surface area contributed by atoms with Crippen LogP contribution in [0.15, 0.2) is 18.2 Å². The van der Waals surface area contributed by atoms with E-state index in [0.29, 0.717) is 16.7 Å². The summed E-state index contributed by atoms with van der Waals surface area (Å²) in [4.78, 5) is 0. The van der Waals surface area contributed by atoms with Crippen LogP contribution in [0.3, 0.4) is 0 Å². The van der Waals surface area contributed by atoms with Gasteiger partial charge in [0.15, 0.2) is 0 Å². The van der Waals surface area contributed by atoms with Gasteiger partial charge in [0.1, 0.15) is 5.82 Å². The average Bonchev–Trinajstić information content (AvgIpc) is 2.97. The molecule has 0 bridgehead atoms. The van der Waals surface area contributed by atoms with E-state index < -0.39 is 0 Å². The van der Waals surface area contributed by atoms with E-state index in [1.54, 1.807) is 12.1 Å². The molecule has 1 fully saturated rings. The molecule has 1 aromatic rings. The van der Waals surface area contributed by atoms with Crippen LogP contribution >= 0.6 is 11.6 Å². The Bertz CT molecular complexity index is 415. The largest absolute Gasteiger partial charge is 0.378 e. The van der Waals surface area contributed by atoms with Crippen molar-refractivity contribution in [2.45, 2.75) is 57.6 Å². The van der Waals surface area contributed by atoms with Gasteiger partial charge in [0.2, 0.25) is 0 Å². The van der Waals surface area contributed by atoms with Gasteiger partial charge in [-0.05, 0) is 57.2 Å². The first-order valence-electron chi connectivity index (χ1n) is 8.01. The van der Waals surface area contributed by atoms with Crippen molar-refractivity contribution in [3.05, 3.63) is 34.6 Å². The predicted molar refractivity (Wildman–Crippen MR) is 85.3 cm³/mol. The van der Waals surface area contributed by atoms with Gasteiger partial charge in [-0.1, -0.05) is 24.6 Å². The van der Waals surface area contributed by atoms with Crippen LogP contribution in [0.1, 0.15) is 57.1 Å². The Morgan fingerprint density at radius 2 is 2.33 bits per heavy atom. The summed E-state index contributed by atoms with van der Waals surface area (Å²) < 4.78 is 19.8. The monoisotopic (exact) mass is 313 g/mol. The molecular weight excluding hydrogens is 289 g/mol. The van der Waals surface area contributed by atoms with Crippen LogP contribution in [0.4, 0.5) is 4.39 Å². The van der Waals surface area contributed by atoms with Crippen LogP contribution in [0.5, 0.6) is 0 Å². The zero-order chi connectivity index (χ0) is 15.1. The third-order valence-electron chi connectivity index (χ3n) is 4.03. The minimum absolute atomic E-state index is 0.0138. The summed E-state index contributed by atoms with van der Waals surface area (Å²) in [5, 5.41) is 3.94. The Balaban J connectivity index is 1.96. The number of hydrogen-bond donors (Lipinski definition) is 1. The SMILES string of the molecule is CCCNC(CCCC1CCCO1)c1c(F)cccc1Cl. The molecule has 118 valence electrons. The molecule has 0 radical (unpaired) electrons. The molecule has 2 nitrogen and oxygen atoms in total. The Kier molecular flexibility index (Phi) is 6.94. The van der Waals surface area contributed by atoms with Gasteiger partial charge in [-0.3, -0.25) is 0 Å². The fourth-order valence-corrected chi connectivity index (χ4v) is 3.23. The van der Waals surface area contributed by atoms with E-state index in [1.807, 2.05) is 0 Å². The van der Waals surface area contributed by atoms with Gasteiger partial charge in [-0.25, -0.2) is 4.39 Å². The standard InChI is InChI=1S/C17H25ClFNO/c1-2-11-20-16(10-3-6-13-7-5-12-21-13)17-14(18)8-4-9-15(17)19/h4,8-9,13,16,20H,2-3,5-7,10-12H2,1H3. The Morgan fingerprint density at radius 1 is 1.48 bits per heavy atom. The minimum Gasteiger partial charge on any atom is -0.378 e. The van der Waals surface area contributed by atoms with Crippen molar-refractivity contribution in [1.29, 1.82) is 0 Å². The fourth-order valence-electron chi connectivity index (χ4n) is 2.93. The lowest BCUT2D eigenvalue weighted by atomic mass is 9.98. The van der Waals surface area contributed by atoms with Crippen molar-refractivity contribution in [3.63, 3.8) is 0 Å². The smallest absolute Gasteiger partial charge is 0.129 e. The highest BCUT2D eigenvalue weighted by molar-refractivity contribution is 6.31. The van der Waals surface area contributed by atoms with Crippen molar-refractivity contribution in [3.8, 4) is 0 Å². The normalized spacial score (nSPS) is 19.9. The summed E-state index contributed by atoms with van der Waals surface area (Å²) in [6, 6.07) is 4.90. The van der Waals surface area contributed by atoms with E-state index >= 15 is 0 Å². The molecule has 0 saturated carbocycles. The fraction of sp³-hybridized carbons (Fsp3) is 0.647. The summed E-state index contributed by atoms with van der Waals surface area (Å²) in [6.45, 7) is 3.87. The lowest BCUT2D eigenvalue weighted by Gasteiger charge is -2.21. The van der Waals surface area contributed by atoms with E-state index in [0.717, 1.165) is 45.3 Å². The first-order valence-corrected chi connectivity index (χ1v) is 8.39. The van der Waals surface area contributed by atoms with Crippen LogP contribution in [0, 0.1) is 5.82 Å². The zero-order valence-corrected chi connectivity index (χ0v) is 13.5. The number of hydrogen-bond acceptors (Lipinski definition) is 2. The van der Waals surface area contributed by atoms with Crippen LogP contribution in [-0.2, 0) is 4.74 Å². The van der Waals surface area contributed by atoms with Gasteiger partial charge in [-0.15, -0.1) is 0 Å². The maximum Gasteiger partial charge on any atom is 0.129 e. The maximum absolute atomic E-state index is 14.1. The molecule has 2 atom stereocenters. The molecule has 4 heteroatoms. The van der Waals surface area contributed by atoms with E-state index in [4.69, 9.17) is 16.3 Å². The van der Waals surface area contributed by atoms with Crippen molar-refractivity contribution >= 4 is 11.6 Å². The van der Waals surface area contributed by atoms with E-state index in [-0.39, 0.29) is 11.9 Å². The lowest BCUT2D eigenvalue weighted by molar-refractivity contribution is 0.101. The van der Waals surface area contributed by atoms with Crippen LogP contribution < -0.4 is 5.32 Å². The molecule has 1 aliphatic heterocycles. The van der Waals surface area contributed by atoms with Gasteiger partial charge >= 0.3 is 0 Å².